The van der Waals surface area contributed by atoms with Crippen molar-refractivity contribution in [2.24, 2.45) is 45.9 Å². The Morgan fingerprint density at radius 3 is 1.94 bits per heavy atom. The molecule has 280 valence electrons. The fourth-order valence-corrected chi connectivity index (χ4v) is 5.57. The normalized spacial score (nSPS) is 14.2. The number of rotatable bonds is 25. The number of aliphatic imine (C=N–C) groups is 1. The number of nitrogens with zero attached hydrogens (tertiary/aromatic N) is 1. The van der Waals surface area contributed by atoms with Crippen molar-refractivity contribution in [1.82, 2.24) is 16.0 Å². The van der Waals surface area contributed by atoms with Crippen LogP contribution >= 0.6 is 0 Å². The molecule has 1 rings (SSSR count). The van der Waals surface area contributed by atoms with Crippen LogP contribution in [0.4, 0.5) is 0 Å². The van der Waals surface area contributed by atoms with Crippen LogP contribution in [-0.2, 0) is 35.2 Å². The highest BCUT2D eigenvalue weighted by atomic mass is 16.3. The number of nitrogens with two attached hydrogens (primary N) is 3. The zero-order valence-corrected chi connectivity index (χ0v) is 30.3. The largest absolute Gasteiger partial charge is 0.396 e. The molecular formula is C36H59N7O7. The number of amides is 3. The van der Waals surface area contributed by atoms with Gasteiger partial charge in [0.2, 0.25) is 17.7 Å². The lowest BCUT2D eigenvalue weighted by atomic mass is 9.89. The van der Waals surface area contributed by atoms with Crippen LogP contribution in [-0.4, -0.2) is 84.0 Å². The minimum atomic E-state index is -1.16. The Morgan fingerprint density at radius 1 is 0.780 bits per heavy atom. The molecule has 0 heterocycles. The summed E-state index contributed by atoms with van der Waals surface area (Å²) in [5.74, 6) is -5.47. The molecule has 0 unspecified atom stereocenters. The SMILES string of the molecule is CC(=O)N[C@@H](CCCCN)C(=O)C[C@@H](CCCN=C(N)N)C(=O)N[C@H](C(=O)C[C@@H](CO)C(=O)N[C@@H](Cc1ccccc1)C(=O)C(C)C)C(C)C. The Labute approximate surface area is 296 Å². The molecule has 0 fully saturated rings. The van der Waals surface area contributed by atoms with Crippen molar-refractivity contribution < 1.29 is 33.9 Å². The van der Waals surface area contributed by atoms with Crippen LogP contribution in [0, 0.1) is 23.7 Å². The first-order chi connectivity index (χ1) is 23.6. The van der Waals surface area contributed by atoms with Gasteiger partial charge in [0.25, 0.3) is 0 Å². The first-order valence-electron chi connectivity index (χ1n) is 17.5. The fraction of sp³-hybridized carbons (Fsp3) is 0.639. The number of hydrogen-bond donors (Lipinski definition) is 7. The van der Waals surface area contributed by atoms with E-state index in [0.29, 0.717) is 32.2 Å². The molecule has 0 saturated carbocycles. The zero-order chi connectivity index (χ0) is 37.8. The molecule has 5 atom stereocenters. The molecule has 1 aromatic carbocycles. The number of carbonyl (C=O) groups excluding carboxylic acids is 6. The second-order valence-corrected chi connectivity index (χ2v) is 13.4. The predicted molar refractivity (Wildman–Crippen MR) is 192 cm³/mol. The Bertz CT molecular complexity index is 1280. The molecule has 0 saturated heterocycles. The van der Waals surface area contributed by atoms with Gasteiger partial charge >= 0.3 is 0 Å². The Kier molecular flexibility index (Phi) is 20.4. The summed E-state index contributed by atoms with van der Waals surface area (Å²) in [5.41, 5.74) is 17.3. The van der Waals surface area contributed by atoms with Crippen LogP contribution in [0.1, 0.15) is 85.1 Å². The number of aliphatic hydroxyl groups excluding tert-OH is 1. The summed E-state index contributed by atoms with van der Waals surface area (Å²) in [6.07, 6.45) is 1.89. The molecule has 0 aliphatic heterocycles. The summed E-state index contributed by atoms with van der Waals surface area (Å²) in [5, 5.41) is 18.3. The van der Waals surface area contributed by atoms with Crippen molar-refractivity contribution in [3.8, 4) is 0 Å². The van der Waals surface area contributed by atoms with E-state index in [2.05, 4.69) is 20.9 Å². The number of benzene rings is 1. The van der Waals surface area contributed by atoms with Gasteiger partial charge < -0.3 is 38.3 Å². The topological polar surface area (TPSA) is 249 Å². The maximum absolute atomic E-state index is 13.7. The minimum absolute atomic E-state index is 0.111. The molecular weight excluding hydrogens is 642 g/mol. The van der Waals surface area contributed by atoms with Gasteiger partial charge in [0.05, 0.1) is 30.7 Å². The van der Waals surface area contributed by atoms with Crippen LogP contribution < -0.4 is 33.2 Å². The van der Waals surface area contributed by atoms with Crippen LogP contribution in [0.15, 0.2) is 35.3 Å². The monoisotopic (exact) mass is 701 g/mol. The number of Topliss-reactive ketones (excluding diaryl/α,β-unsaturated/α-hetero) is 3. The van der Waals surface area contributed by atoms with Gasteiger partial charge in [0.15, 0.2) is 23.3 Å². The molecule has 0 aromatic heterocycles. The summed E-state index contributed by atoms with van der Waals surface area (Å²) >= 11 is 0. The van der Waals surface area contributed by atoms with E-state index in [-0.39, 0.29) is 61.6 Å². The number of unbranched alkanes of at least 4 members (excludes halogenated alkanes) is 1. The van der Waals surface area contributed by atoms with Gasteiger partial charge in [0, 0.05) is 38.1 Å². The number of carbonyl (C=O) groups is 6. The number of guanidine groups is 1. The van der Waals surface area contributed by atoms with E-state index in [1.807, 2.05) is 30.3 Å². The lowest BCUT2D eigenvalue weighted by Crippen LogP contribution is -2.50. The summed E-state index contributed by atoms with van der Waals surface area (Å²) in [7, 11) is 0. The Balaban J connectivity index is 3.15. The van der Waals surface area contributed by atoms with E-state index in [4.69, 9.17) is 17.2 Å². The first kappa shape index (κ1) is 43.9. The van der Waals surface area contributed by atoms with E-state index < -0.39 is 60.1 Å². The van der Waals surface area contributed by atoms with E-state index in [9.17, 15) is 33.9 Å². The highest BCUT2D eigenvalue weighted by Gasteiger charge is 2.34. The predicted octanol–water partition coefficient (Wildman–Crippen LogP) is 0.910. The molecule has 0 radical (unpaired) electrons. The molecule has 50 heavy (non-hydrogen) atoms. The summed E-state index contributed by atoms with van der Waals surface area (Å²) < 4.78 is 0. The minimum Gasteiger partial charge on any atom is -0.396 e. The third-order valence-electron chi connectivity index (χ3n) is 8.40. The Morgan fingerprint density at radius 2 is 1.40 bits per heavy atom. The van der Waals surface area contributed by atoms with Gasteiger partial charge in [0.1, 0.15) is 0 Å². The molecule has 14 heteroatoms. The zero-order valence-electron chi connectivity index (χ0n) is 30.3. The second-order valence-electron chi connectivity index (χ2n) is 13.4. The fourth-order valence-electron chi connectivity index (χ4n) is 5.57. The highest BCUT2D eigenvalue weighted by molar-refractivity contribution is 5.96. The second kappa shape index (κ2) is 23.3. The van der Waals surface area contributed by atoms with E-state index >= 15 is 0 Å². The quantitative estimate of drug-likeness (QED) is 0.0431. The van der Waals surface area contributed by atoms with E-state index in [1.54, 1.807) is 27.7 Å². The van der Waals surface area contributed by atoms with Crippen molar-refractivity contribution in [3.63, 3.8) is 0 Å². The molecule has 10 N–H and O–H groups in total. The van der Waals surface area contributed by atoms with Gasteiger partial charge in [-0.1, -0.05) is 58.0 Å². The lowest BCUT2D eigenvalue weighted by molar-refractivity contribution is -0.136. The molecule has 3 amide bonds. The van der Waals surface area contributed by atoms with Crippen LogP contribution in [0.2, 0.25) is 0 Å². The standard InChI is InChI=1S/C36H59N7O7/c1-22(2)32(31(47)20-27(21-44)35(50)42-29(33(48)23(3)4)18-25-12-7-6-8-13-25)43-34(49)26(14-11-17-40-36(38)39)19-30(46)28(41-24(5)45)15-9-10-16-37/h6-8,12-13,22-23,26-29,32,44H,9-11,14-21,37H2,1-5H3,(H,41,45)(H,42,50)(H,43,49)(H4,38,39,40)/t26-,27+,28+,29+,32+/m1/s1. The van der Waals surface area contributed by atoms with Crippen molar-refractivity contribution in [2.45, 2.75) is 104 Å². The lowest BCUT2D eigenvalue weighted by Gasteiger charge is -2.27. The number of hydrogen-bond acceptors (Lipinski definition) is 9. The van der Waals surface area contributed by atoms with Gasteiger partial charge in [-0.3, -0.25) is 33.8 Å². The number of aliphatic hydroxyl groups is 1. The first-order valence-corrected chi connectivity index (χ1v) is 17.5. The summed E-state index contributed by atoms with van der Waals surface area (Å²) in [6, 6.07) is 6.51. The van der Waals surface area contributed by atoms with Crippen molar-refractivity contribution in [1.29, 1.82) is 0 Å². The molecule has 0 aliphatic carbocycles. The van der Waals surface area contributed by atoms with Crippen molar-refractivity contribution in [3.05, 3.63) is 35.9 Å². The maximum atomic E-state index is 13.7. The Hall–Kier alpha value is -4.17. The highest BCUT2D eigenvalue weighted by Crippen LogP contribution is 2.19. The summed E-state index contributed by atoms with van der Waals surface area (Å²) in [6.45, 7) is 8.25. The average molecular weight is 702 g/mol. The summed E-state index contributed by atoms with van der Waals surface area (Å²) in [4.78, 5) is 82.8. The average Bonchev–Trinajstić information content (AvgIpc) is 3.05. The van der Waals surface area contributed by atoms with Crippen molar-refractivity contribution >= 4 is 41.0 Å². The third kappa shape index (κ3) is 16.5. The van der Waals surface area contributed by atoms with E-state index in [1.165, 1.54) is 6.92 Å². The molecule has 0 bridgehead atoms. The van der Waals surface area contributed by atoms with E-state index in [0.717, 1.165) is 5.56 Å². The van der Waals surface area contributed by atoms with Gasteiger partial charge in [-0.15, -0.1) is 0 Å². The molecule has 0 aliphatic rings. The van der Waals surface area contributed by atoms with Crippen LogP contribution in [0.3, 0.4) is 0 Å². The third-order valence-corrected chi connectivity index (χ3v) is 8.40. The maximum Gasteiger partial charge on any atom is 0.226 e. The smallest absolute Gasteiger partial charge is 0.226 e. The molecule has 1 aromatic rings. The molecule has 14 nitrogen and oxygen atoms in total. The number of nitrogens with one attached hydrogen (secondary N) is 3. The van der Waals surface area contributed by atoms with Gasteiger partial charge in [-0.25, -0.2) is 0 Å². The number of ketones is 3. The van der Waals surface area contributed by atoms with Crippen LogP contribution in [0.25, 0.3) is 0 Å². The van der Waals surface area contributed by atoms with Gasteiger partial charge in [-0.2, -0.15) is 0 Å². The van der Waals surface area contributed by atoms with Gasteiger partial charge in [-0.05, 0) is 56.6 Å². The van der Waals surface area contributed by atoms with Crippen LogP contribution in [0.5, 0.6) is 0 Å². The molecule has 0 spiro atoms. The van der Waals surface area contributed by atoms with Crippen molar-refractivity contribution in [2.75, 3.05) is 19.7 Å².